The fraction of sp³-hybridized carbons (Fsp3) is 0.167. The molecule has 0 aliphatic carbocycles. The number of rotatable bonds is 3. The maximum atomic E-state index is 13.6. The van der Waals surface area contributed by atoms with E-state index in [2.05, 4.69) is 37.2 Å². The highest BCUT2D eigenvalue weighted by Gasteiger charge is 2.21. The van der Waals surface area contributed by atoms with Crippen LogP contribution in [0, 0.1) is 11.6 Å². The Balaban J connectivity index is 2.53. The van der Waals surface area contributed by atoms with Gasteiger partial charge in [0.25, 0.3) is 0 Å². The van der Waals surface area contributed by atoms with Crippen molar-refractivity contribution >= 4 is 43.2 Å². The molecule has 18 heavy (non-hydrogen) atoms. The molecule has 1 N–H and O–H groups in total. The van der Waals surface area contributed by atoms with E-state index in [0.717, 1.165) is 16.1 Å². The van der Waals surface area contributed by atoms with Gasteiger partial charge in [-0.3, -0.25) is 0 Å². The number of nitrogens with one attached hydrogen (secondary N) is 1. The van der Waals surface area contributed by atoms with Crippen molar-refractivity contribution in [2.75, 3.05) is 7.05 Å². The topological polar surface area (TPSA) is 12.0 Å². The first kappa shape index (κ1) is 14.1. The Labute approximate surface area is 124 Å². The lowest BCUT2D eigenvalue weighted by atomic mass is 10.0. The van der Waals surface area contributed by atoms with Crippen LogP contribution in [0.2, 0.25) is 0 Å². The molecule has 1 unspecified atom stereocenters. The van der Waals surface area contributed by atoms with E-state index in [-0.39, 0.29) is 10.5 Å². The van der Waals surface area contributed by atoms with Gasteiger partial charge in [-0.25, -0.2) is 8.78 Å². The Morgan fingerprint density at radius 1 is 1.17 bits per heavy atom. The van der Waals surface area contributed by atoms with E-state index in [0.29, 0.717) is 5.56 Å². The largest absolute Gasteiger partial charge is 0.309 e. The smallest absolute Gasteiger partial charge is 0.173 e. The minimum atomic E-state index is -0.862. The van der Waals surface area contributed by atoms with Crippen molar-refractivity contribution in [3.8, 4) is 0 Å². The van der Waals surface area contributed by atoms with Gasteiger partial charge in [0, 0.05) is 9.85 Å². The zero-order valence-corrected chi connectivity index (χ0v) is 13.3. The summed E-state index contributed by atoms with van der Waals surface area (Å²) in [5.74, 6) is -1.72. The highest BCUT2D eigenvalue weighted by molar-refractivity contribution is 9.10. The van der Waals surface area contributed by atoms with E-state index in [4.69, 9.17) is 0 Å². The van der Waals surface area contributed by atoms with Crippen LogP contribution in [0.5, 0.6) is 0 Å². The van der Waals surface area contributed by atoms with Gasteiger partial charge in [-0.2, -0.15) is 11.3 Å². The Kier molecular flexibility index (Phi) is 4.53. The van der Waals surface area contributed by atoms with E-state index in [1.165, 1.54) is 0 Å². The average molecular weight is 397 g/mol. The second-order valence-corrected chi connectivity index (χ2v) is 6.05. The molecule has 0 saturated heterocycles. The molecule has 0 spiro atoms. The number of benzene rings is 1. The molecule has 0 fully saturated rings. The van der Waals surface area contributed by atoms with E-state index < -0.39 is 11.6 Å². The minimum absolute atomic E-state index is 0.153. The number of halogens is 4. The molecule has 0 radical (unpaired) electrons. The van der Waals surface area contributed by atoms with E-state index in [9.17, 15) is 8.78 Å². The average Bonchev–Trinajstić information content (AvgIpc) is 2.77. The van der Waals surface area contributed by atoms with Gasteiger partial charge < -0.3 is 5.32 Å². The first-order chi connectivity index (χ1) is 8.56. The third-order valence-electron chi connectivity index (χ3n) is 2.62. The van der Waals surface area contributed by atoms with Gasteiger partial charge in [-0.05, 0) is 61.5 Å². The standard InChI is InChI=1S/C12H9Br2F2NS/c1-17-12(7-4-18-5-8(7)13)6-2-3-9(15)11(16)10(6)14/h2-5,12,17H,1H3. The fourth-order valence-corrected chi connectivity index (χ4v) is 3.84. The first-order valence-corrected chi connectivity index (χ1v) is 7.61. The van der Waals surface area contributed by atoms with Crippen molar-refractivity contribution in [3.63, 3.8) is 0 Å². The van der Waals surface area contributed by atoms with Crippen LogP contribution < -0.4 is 5.32 Å². The van der Waals surface area contributed by atoms with Gasteiger partial charge >= 0.3 is 0 Å². The third-order valence-corrected chi connectivity index (χ3v) is 5.18. The molecule has 1 heterocycles. The van der Waals surface area contributed by atoms with Gasteiger partial charge in [0.05, 0.1) is 10.5 Å². The van der Waals surface area contributed by atoms with Crippen molar-refractivity contribution < 1.29 is 8.78 Å². The Morgan fingerprint density at radius 2 is 1.89 bits per heavy atom. The Hall–Kier alpha value is -0.300. The number of hydrogen-bond donors (Lipinski definition) is 1. The van der Waals surface area contributed by atoms with Crippen molar-refractivity contribution in [3.05, 3.63) is 54.6 Å². The Morgan fingerprint density at radius 3 is 2.44 bits per heavy atom. The molecule has 2 rings (SSSR count). The van der Waals surface area contributed by atoms with E-state index in [1.807, 2.05) is 10.8 Å². The molecule has 96 valence electrons. The number of thiophene rings is 1. The van der Waals surface area contributed by atoms with Gasteiger partial charge in [-0.1, -0.05) is 6.07 Å². The molecular weight excluding hydrogens is 388 g/mol. The fourth-order valence-electron chi connectivity index (χ4n) is 1.74. The maximum absolute atomic E-state index is 13.6. The summed E-state index contributed by atoms with van der Waals surface area (Å²) < 4.78 is 27.8. The zero-order chi connectivity index (χ0) is 13.3. The third kappa shape index (κ3) is 2.52. The quantitative estimate of drug-likeness (QED) is 0.730. The lowest BCUT2D eigenvalue weighted by Gasteiger charge is -2.18. The summed E-state index contributed by atoms with van der Waals surface area (Å²) in [4.78, 5) is 0. The maximum Gasteiger partial charge on any atom is 0.173 e. The van der Waals surface area contributed by atoms with Crippen LogP contribution in [-0.2, 0) is 0 Å². The van der Waals surface area contributed by atoms with Crippen LogP contribution in [0.4, 0.5) is 8.78 Å². The van der Waals surface area contributed by atoms with Crippen molar-refractivity contribution in [1.82, 2.24) is 5.32 Å². The van der Waals surface area contributed by atoms with Crippen LogP contribution in [-0.4, -0.2) is 7.05 Å². The lowest BCUT2D eigenvalue weighted by molar-refractivity contribution is 0.499. The van der Waals surface area contributed by atoms with Crippen molar-refractivity contribution in [1.29, 1.82) is 0 Å². The summed E-state index contributed by atoms with van der Waals surface area (Å²) >= 11 is 8.11. The second-order valence-electron chi connectivity index (χ2n) is 3.66. The van der Waals surface area contributed by atoms with Gasteiger partial charge in [0.15, 0.2) is 11.6 Å². The van der Waals surface area contributed by atoms with Crippen LogP contribution >= 0.6 is 43.2 Å². The molecule has 1 nitrogen and oxygen atoms in total. The van der Waals surface area contributed by atoms with Crippen LogP contribution in [0.15, 0.2) is 31.8 Å². The second kappa shape index (κ2) is 5.77. The van der Waals surface area contributed by atoms with Crippen molar-refractivity contribution in [2.45, 2.75) is 6.04 Å². The predicted molar refractivity (Wildman–Crippen MR) is 77.0 cm³/mol. The lowest BCUT2D eigenvalue weighted by Crippen LogP contribution is -2.18. The summed E-state index contributed by atoms with van der Waals surface area (Å²) in [5, 5.41) is 7.03. The molecule has 0 bridgehead atoms. The van der Waals surface area contributed by atoms with E-state index >= 15 is 0 Å². The molecule has 1 aromatic carbocycles. The molecule has 1 aromatic heterocycles. The first-order valence-electron chi connectivity index (χ1n) is 5.08. The summed E-state index contributed by atoms with van der Waals surface area (Å²) in [6.45, 7) is 0. The molecule has 0 aliphatic heterocycles. The SMILES string of the molecule is CNC(c1cscc1Br)c1ccc(F)c(F)c1Br. The highest BCUT2D eigenvalue weighted by Crippen LogP contribution is 2.35. The summed E-state index contributed by atoms with van der Waals surface area (Å²) in [6, 6.07) is 2.52. The molecule has 2 aromatic rings. The van der Waals surface area contributed by atoms with Crippen LogP contribution in [0.25, 0.3) is 0 Å². The van der Waals surface area contributed by atoms with Crippen molar-refractivity contribution in [2.24, 2.45) is 0 Å². The number of hydrogen-bond acceptors (Lipinski definition) is 2. The summed E-state index contributed by atoms with van der Waals surface area (Å²) in [5.41, 5.74) is 1.66. The molecular formula is C12H9Br2F2NS. The van der Waals surface area contributed by atoms with E-state index in [1.54, 1.807) is 24.5 Å². The molecule has 0 aliphatic rings. The highest BCUT2D eigenvalue weighted by atomic mass is 79.9. The monoisotopic (exact) mass is 395 g/mol. The summed E-state index contributed by atoms with van der Waals surface area (Å²) in [6.07, 6.45) is 0. The molecule has 1 atom stereocenters. The predicted octanol–water partition coefficient (Wildman–Crippen LogP) is 4.86. The zero-order valence-electron chi connectivity index (χ0n) is 9.31. The molecule has 6 heteroatoms. The van der Waals surface area contributed by atoms with Gasteiger partial charge in [0.2, 0.25) is 0 Å². The molecule has 0 amide bonds. The molecule has 0 saturated carbocycles. The normalized spacial score (nSPS) is 12.7. The van der Waals surface area contributed by atoms with Crippen LogP contribution in [0.1, 0.15) is 17.2 Å². The Bertz CT molecular complexity index is 571. The van der Waals surface area contributed by atoms with Crippen LogP contribution in [0.3, 0.4) is 0 Å². The van der Waals surface area contributed by atoms with Gasteiger partial charge in [-0.15, -0.1) is 0 Å². The van der Waals surface area contributed by atoms with Gasteiger partial charge in [0.1, 0.15) is 0 Å². The summed E-state index contributed by atoms with van der Waals surface area (Å²) in [7, 11) is 1.78. The minimum Gasteiger partial charge on any atom is -0.309 e.